The van der Waals surface area contributed by atoms with E-state index in [0.717, 1.165) is 44.7 Å². The molecule has 0 unspecified atom stereocenters. The lowest BCUT2D eigenvalue weighted by Gasteiger charge is -2.14. The van der Waals surface area contributed by atoms with Gasteiger partial charge in [-0.05, 0) is 83.9 Å². The van der Waals surface area contributed by atoms with Crippen LogP contribution < -0.4 is 0 Å². The largest absolute Gasteiger partial charge is 0.309 e. The van der Waals surface area contributed by atoms with Crippen molar-refractivity contribution in [1.29, 1.82) is 0 Å². The minimum Gasteiger partial charge on any atom is -0.309 e. The molecule has 4 heteroatoms. The van der Waals surface area contributed by atoms with Gasteiger partial charge in [0.1, 0.15) is 5.82 Å². The molecule has 0 amide bonds. The first kappa shape index (κ1) is 30.1. The van der Waals surface area contributed by atoms with E-state index in [9.17, 15) is 0 Å². The summed E-state index contributed by atoms with van der Waals surface area (Å²) in [6.45, 7) is 0. The van der Waals surface area contributed by atoms with E-state index in [1.54, 1.807) is 0 Å². The van der Waals surface area contributed by atoms with Gasteiger partial charge >= 0.3 is 0 Å². The Hall–Kier alpha value is -7.43. The quantitative estimate of drug-likeness (QED) is 0.180. The smallest absolute Gasteiger partial charge is 0.138 e. The van der Waals surface area contributed by atoms with Gasteiger partial charge in [-0.25, -0.2) is 4.98 Å². The Morgan fingerprint density at radius 3 is 1.55 bits per heavy atom. The van der Waals surface area contributed by atoms with E-state index in [2.05, 4.69) is 208 Å². The fraction of sp³-hybridized carbons (Fsp3) is 0. The molecule has 4 aromatic heterocycles. The fourth-order valence-electron chi connectivity index (χ4n) is 9.11. The number of aromatic nitrogens is 4. The average molecular weight is 701 g/mol. The van der Waals surface area contributed by atoms with Crippen molar-refractivity contribution >= 4 is 76.3 Å². The first-order valence-electron chi connectivity index (χ1n) is 18.8. The topological polar surface area (TPSA) is 27.7 Å². The molecule has 0 bridgehead atoms. The van der Waals surface area contributed by atoms with Crippen molar-refractivity contribution < 1.29 is 0 Å². The Kier molecular flexibility index (Phi) is 6.31. The molecule has 12 aromatic rings. The predicted octanol–water partition coefficient (Wildman–Crippen LogP) is 13.2. The van der Waals surface area contributed by atoms with Crippen LogP contribution in [0.4, 0.5) is 0 Å². The van der Waals surface area contributed by atoms with Crippen molar-refractivity contribution in [2.24, 2.45) is 0 Å². The highest BCUT2D eigenvalue weighted by Gasteiger charge is 2.22. The maximum Gasteiger partial charge on any atom is 0.138 e. The van der Waals surface area contributed by atoms with Gasteiger partial charge in [0.2, 0.25) is 0 Å². The van der Waals surface area contributed by atoms with Crippen molar-refractivity contribution in [1.82, 2.24) is 18.7 Å². The summed E-state index contributed by atoms with van der Waals surface area (Å²) in [7, 11) is 0. The van der Waals surface area contributed by atoms with E-state index in [-0.39, 0.29) is 0 Å². The number of hydrogen-bond donors (Lipinski definition) is 0. The summed E-state index contributed by atoms with van der Waals surface area (Å²) in [5, 5.41) is 8.46. The van der Waals surface area contributed by atoms with Gasteiger partial charge in [0.05, 0.1) is 38.6 Å². The number of hydrogen-bond acceptors (Lipinski definition) is 1. The zero-order chi connectivity index (χ0) is 36.0. The summed E-state index contributed by atoms with van der Waals surface area (Å²) in [6, 6.07) is 70.0. The lowest BCUT2D eigenvalue weighted by atomic mass is 9.99. The third kappa shape index (κ3) is 4.31. The van der Waals surface area contributed by atoms with Gasteiger partial charge in [0.25, 0.3) is 0 Å². The highest BCUT2D eigenvalue weighted by atomic mass is 15.1. The van der Waals surface area contributed by atoms with Gasteiger partial charge in [-0.15, -0.1) is 0 Å². The minimum atomic E-state index is 0.899. The highest BCUT2D eigenvalue weighted by Crippen LogP contribution is 2.43. The monoisotopic (exact) mass is 700 g/mol. The average Bonchev–Trinajstić information content (AvgIpc) is 3.89. The second-order valence-electron chi connectivity index (χ2n) is 14.4. The molecule has 4 heterocycles. The van der Waals surface area contributed by atoms with Crippen LogP contribution in [-0.2, 0) is 0 Å². The Morgan fingerprint density at radius 2 is 0.836 bits per heavy atom. The molecule has 256 valence electrons. The standard InChI is InChI=1S/C51H32N4/c1-3-15-34(16-4-1)53-44-24-12-9-21-38(44)42-31-33(27-29-47(42)53)41-32-49(52-43-23-11-7-19-36(41)43)55-45-25-13-8-20-37(45)39-28-30-48-50(51(39)55)40-22-10-14-26-46(40)54(48)35-17-5-2-6-18-35/h1-32H. The Labute approximate surface area is 316 Å². The molecule has 0 saturated heterocycles. The lowest BCUT2D eigenvalue weighted by Crippen LogP contribution is -2.00. The van der Waals surface area contributed by atoms with Crippen molar-refractivity contribution in [3.8, 4) is 28.3 Å². The van der Waals surface area contributed by atoms with Crippen LogP contribution in [0.15, 0.2) is 194 Å². The van der Waals surface area contributed by atoms with Crippen LogP contribution in [-0.4, -0.2) is 18.7 Å². The third-order valence-corrected chi connectivity index (χ3v) is 11.4. The summed E-state index contributed by atoms with van der Waals surface area (Å²) >= 11 is 0. The zero-order valence-corrected chi connectivity index (χ0v) is 29.8. The Balaban J connectivity index is 1.18. The van der Waals surface area contributed by atoms with Crippen LogP contribution >= 0.6 is 0 Å². The number of benzene rings is 8. The maximum atomic E-state index is 5.46. The molecule has 0 N–H and O–H groups in total. The first-order valence-corrected chi connectivity index (χ1v) is 18.8. The zero-order valence-electron chi connectivity index (χ0n) is 29.8. The van der Waals surface area contributed by atoms with Crippen LogP contribution in [0.3, 0.4) is 0 Å². The number of fused-ring (bicyclic) bond motifs is 11. The van der Waals surface area contributed by atoms with Gasteiger partial charge in [-0.2, -0.15) is 0 Å². The van der Waals surface area contributed by atoms with Crippen LogP contribution in [0.5, 0.6) is 0 Å². The SMILES string of the molecule is c1ccc(-n2c3ccccc3c3cc(-c4cc(-n5c6ccccc6c6ccc7c(c8ccccc8n7-c7ccccc7)c65)nc5ccccc45)ccc32)cc1. The van der Waals surface area contributed by atoms with E-state index in [1.165, 1.54) is 59.9 Å². The molecule has 0 aliphatic heterocycles. The van der Waals surface area contributed by atoms with Crippen molar-refractivity contribution in [2.45, 2.75) is 0 Å². The van der Waals surface area contributed by atoms with Gasteiger partial charge < -0.3 is 9.13 Å². The molecule has 55 heavy (non-hydrogen) atoms. The lowest BCUT2D eigenvalue weighted by molar-refractivity contribution is 1.11. The second-order valence-corrected chi connectivity index (χ2v) is 14.4. The molecule has 4 nitrogen and oxygen atoms in total. The normalized spacial score (nSPS) is 12.0. The number of para-hydroxylation sites is 6. The molecule has 0 aliphatic rings. The van der Waals surface area contributed by atoms with Gasteiger partial charge in [-0.3, -0.25) is 4.57 Å². The van der Waals surface area contributed by atoms with E-state index < -0.39 is 0 Å². The Bertz CT molecular complexity index is 3480. The first-order chi connectivity index (χ1) is 27.3. The molecule has 0 fully saturated rings. The number of rotatable bonds is 4. The van der Waals surface area contributed by atoms with E-state index in [1.807, 2.05) is 0 Å². The molecule has 0 radical (unpaired) electrons. The van der Waals surface area contributed by atoms with Crippen LogP contribution in [0.25, 0.3) is 105 Å². The molecular weight excluding hydrogens is 669 g/mol. The summed E-state index contributed by atoms with van der Waals surface area (Å²) in [6.07, 6.45) is 0. The summed E-state index contributed by atoms with van der Waals surface area (Å²) in [5.41, 5.74) is 12.6. The van der Waals surface area contributed by atoms with Gasteiger partial charge in [-0.1, -0.05) is 121 Å². The van der Waals surface area contributed by atoms with Gasteiger partial charge in [0, 0.05) is 49.1 Å². The summed E-state index contributed by atoms with van der Waals surface area (Å²) in [4.78, 5) is 5.46. The summed E-state index contributed by atoms with van der Waals surface area (Å²) < 4.78 is 7.18. The highest BCUT2D eigenvalue weighted by molar-refractivity contribution is 6.26. The van der Waals surface area contributed by atoms with Crippen molar-refractivity contribution in [3.63, 3.8) is 0 Å². The van der Waals surface area contributed by atoms with Crippen molar-refractivity contribution in [2.75, 3.05) is 0 Å². The van der Waals surface area contributed by atoms with Crippen molar-refractivity contribution in [3.05, 3.63) is 194 Å². The second kappa shape index (κ2) is 11.5. The third-order valence-electron chi connectivity index (χ3n) is 11.4. The number of pyridine rings is 1. The van der Waals surface area contributed by atoms with Crippen LogP contribution in [0.2, 0.25) is 0 Å². The Morgan fingerprint density at radius 1 is 0.327 bits per heavy atom. The molecule has 0 saturated carbocycles. The predicted molar refractivity (Wildman–Crippen MR) is 230 cm³/mol. The van der Waals surface area contributed by atoms with Crippen LogP contribution in [0, 0.1) is 0 Å². The molecule has 0 aliphatic carbocycles. The van der Waals surface area contributed by atoms with E-state index in [4.69, 9.17) is 4.98 Å². The fourth-order valence-corrected chi connectivity index (χ4v) is 9.11. The molecular formula is C51H32N4. The summed E-state index contributed by atoms with van der Waals surface area (Å²) in [5.74, 6) is 0.899. The molecule has 8 aromatic carbocycles. The molecule has 0 atom stereocenters. The van der Waals surface area contributed by atoms with Gasteiger partial charge in [0.15, 0.2) is 0 Å². The molecule has 0 spiro atoms. The number of nitrogens with zero attached hydrogens (tertiary/aromatic N) is 4. The maximum absolute atomic E-state index is 5.46. The minimum absolute atomic E-state index is 0.899. The van der Waals surface area contributed by atoms with E-state index >= 15 is 0 Å². The van der Waals surface area contributed by atoms with E-state index in [0.29, 0.717) is 0 Å². The molecule has 12 rings (SSSR count). The van der Waals surface area contributed by atoms with Crippen LogP contribution in [0.1, 0.15) is 0 Å².